The lowest BCUT2D eigenvalue weighted by molar-refractivity contribution is -0.137. The molecule has 0 bridgehead atoms. The molecular formula is C30H28F3NO2S. The van der Waals surface area contributed by atoms with E-state index in [1.54, 1.807) is 18.2 Å². The molecule has 37 heavy (non-hydrogen) atoms. The zero-order chi connectivity index (χ0) is 26.2. The third kappa shape index (κ3) is 5.58. The number of thiophene rings is 1. The minimum Gasteiger partial charge on any atom is -0.508 e. The lowest BCUT2D eigenvalue weighted by Gasteiger charge is -2.37. The number of aryl methyl sites for hydroxylation is 2. The van der Waals surface area contributed by atoms with Gasteiger partial charge in [-0.2, -0.15) is 13.2 Å². The van der Waals surface area contributed by atoms with Gasteiger partial charge in [-0.3, -0.25) is 4.79 Å². The maximum atomic E-state index is 13.6. The summed E-state index contributed by atoms with van der Waals surface area (Å²) in [6.07, 6.45) is -2.47. The van der Waals surface area contributed by atoms with Crippen molar-refractivity contribution >= 4 is 27.2 Å². The minimum absolute atomic E-state index is 0.0539. The fraction of sp³-hybridized carbons (Fsp3) is 0.300. The number of hydrogen-bond donors (Lipinski definition) is 1. The van der Waals surface area contributed by atoms with E-state index in [2.05, 4.69) is 36.1 Å². The highest BCUT2D eigenvalue weighted by atomic mass is 32.1. The number of halogens is 3. The van der Waals surface area contributed by atoms with Crippen molar-refractivity contribution in [3.8, 4) is 5.75 Å². The highest BCUT2D eigenvalue weighted by Gasteiger charge is 2.36. The van der Waals surface area contributed by atoms with Crippen molar-refractivity contribution in [3.63, 3.8) is 0 Å². The Morgan fingerprint density at radius 2 is 1.65 bits per heavy atom. The van der Waals surface area contributed by atoms with Gasteiger partial charge in [-0.15, -0.1) is 11.3 Å². The monoisotopic (exact) mass is 523 g/mol. The molecule has 1 aliphatic rings. The van der Waals surface area contributed by atoms with Crippen molar-refractivity contribution in [3.05, 3.63) is 99.4 Å². The van der Waals surface area contributed by atoms with Gasteiger partial charge < -0.3 is 10.0 Å². The molecule has 3 aromatic carbocycles. The maximum Gasteiger partial charge on any atom is 0.417 e. The van der Waals surface area contributed by atoms with E-state index < -0.39 is 17.5 Å². The van der Waals surface area contributed by atoms with Gasteiger partial charge in [0.2, 0.25) is 5.78 Å². The summed E-state index contributed by atoms with van der Waals surface area (Å²) in [6, 6.07) is 18.2. The van der Waals surface area contributed by atoms with Crippen LogP contribution in [-0.4, -0.2) is 35.4 Å². The third-order valence-electron chi connectivity index (χ3n) is 7.00. The SMILES string of the molecule is CC1CN(CCc2ccc(CCc3c(C(=O)c4ccccc4C(F)(F)F)sc4cc(O)ccc34)cc2)C1. The maximum absolute atomic E-state index is 13.6. The first-order valence-corrected chi connectivity index (χ1v) is 13.3. The van der Waals surface area contributed by atoms with Gasteiger partial charge in [0.15, 0.2) is 0 Å². The highest BCUT2D eigenvalue weighted by molar-refractivity contribution is 7.21. The van der Waals surface area contributed by atoms with Gasteiger partial charge in [-0.25, -0.2) is 0 Å². The van der Waals surface area contributed by atoms with E-state index in [1.165, 1.54) is 36.9 Å². The Morgan fingerprint density at radius 1 is 0.973 bits per heavy atom. The second-order valence-electron chi connectivity index (χ2n) is 9.89. The molecule has 0 saturated carbocycles. The molecule has 1 aromatic heterocycles. The van der Waals surface area contributed by atoms with E-state index in [0.29, 0.717) is 17.5 Å². The van der Waals surface area contributed by atoms with Crippen molar-refractivity contribution in [1.29, 1.82) is 0 Å². The van der Waals surface area contributed by atoms with E-state index in [9.17, 15) is 23.1 Å². The summed E-state index contributed by atoms with van der Waals surface area (Å²) in [6.45, 7) is 5.65. The second-order valence-corrected chi connectivity index (χ2v) is 10.9. The number of rotatable bonds is 8. The fourth-order valence-corrected chi connectivity index (χ4v) is 6.30. The van der Waals surface area contributed by atoms with Crippen LogP contribution in [0.3, 0.4) is 0 Å². The predicted molar refractivity (Wildman–Crippen MR) is 142 cm³/mol. The first-order valence-electron chi connectivity index (χ1n) is 12.4. The molecule has 5 rings (SSSR count). The van der Waals surface area contributed by atoms with Gasteiger partial charge in [0.05, 0.1) is 10.4 Å². The first-order chi connectivity index (χ1) is 17.7. The summed E-state index contributed by atoms with van der Waals surface area (Å²) in [7, 11) is 0. The second kappa shape index (κ2) is 10.3. The van der Waals surface area contributed by atoms with Gasteiger partial charge in [0.25, 0.3) is 0 Å². The van der Waals surface area contributed by atoms with E-state index in [4.69, 9.17) is 0 Å². The summed E-state index contributed by atoms with van der Waals surface area (Å²) in [5.74, 6) is 0.204. The van der Waals surface area contributed by atoms with Gasteiger partial charge >= 0.3 is 6.18 Å². The van der Waals surface area contributed by atoms with E-state index in [0.717, 1.165) is 52.8 Å². The molecule has 7 heteroatoms. The van der Waals surface area contributed by atoms with Crippen molar-refractivity contribution in [2.75, 3.05) is 19.6 Å². The molecule has 192 valence electrons. The number of ketones is 1. The van der Waals surface area contributed by atoms with Crippen molar-refractivity contribution in [2.45, 2.75) is 32.4 Å². The number of carbonyl (C=O) groups is 1. The fourth-order valence-electron chi connectivity index (χ4n) is 5.06. The normalized spacial score (nSPS) is 14.7. The third-order valence-corrected chi connectivity index (χ3v) is 8.20. The Labute approximate surface area is 218 Å². The molecule has 3 nitrogen and oxygen atoms in total. The van der Waals surface area contributed by atoms with Gasteiger partial charge in [-0.05, 0) is 71.5 Å². The topological polar surface area (TPSA) is 40.5 Å². The summed E-state index contributed by atoms with van der Waals surface area (Å²) >= 11 is 1.13. The average molecular weight is 524 g/mol. The molecule has 1 aliphatic heterocycles. The van der Waals surface area contributed by atoms with Crippen molar-refractivity contribution in [2.24, 2.45) is 5.92 Å². The Hall–Kier alpha value is -3.16. The van der Waals surface area contributed by atoms with Crippen LogP contribution in [0.15, 0.2) is 66.7 Å². The zero-order valence-electron chi connectivity index (χ0n) is 20.5. The molecule has 0 unspecified atom stereocenters. The van der Waals surface area contributed by atoms with Crippen molar-refractivity contribution in [1.82, 2.24) is 4.90 Å². The number of aromatic hydroxyl groups is 1. The molecule has 1 N–H and O–H groups in total. The number of fused-ring (bicyclic) bond motifs is 1. The molecule has 0 aliphatic carbocycles. The number of phenolic OH excluding ortho intramolecular Hbond substituents is 1. The van der Waals surface area contributed by atoms with Gasteiger partial charge in [0, 0.05) is 29.9 Å². The van der Waals surface area contributed by atoms with Crippen LogP contribution in [0.25, 0.3) is 10.1 Å². The van der Waals surface area contributed by atoms with Crippen LogP contribution in [0, 0.1) is 5.92 Å². The molecule has 2 heterocycles. The highest BCUT2D eigenvalue weighted by Crippen LogP contribution is 2.38. The van der Waals surface area contributed by atoms with Gasteiger partial charge in [0.1, 0.15) is 5.75 Å². The summed E-state index contributed by atoms with van der Waals surface area (Å²) in [4.78, 5) is 16.2. The molecule has 1 saturated heterocycles. The lowest BCUT2D eigenvalue weighted by Crippen LogP contribution is -2.45. The van der Waals surface area contributed by atoms with Crippen LogP contribution in [0.1, 0.15) is 44.4 Å². The van der Waals surface area contributed by atoms with E-state index in [-0.39, 0.29) is 16.2 Å². The molecule has 0 radical (unpaired) electrons. The molecule has 0 amide bonds. The van der Waals surface area contributed by atoms with Crippen LogP contribution in [0.2, 0.25) is 0 Å². The van der Waals surface area contributed by atoms with E-state index in [1.807, 2.05) is 0 Å². The van der Waals surface area contributed by atoms with Crippen LogP contribution in [-0.2, 0) is 25.4 Å². The van der Waals surface area contributed by atoms with Crippen molar-refractivity contribution < 1.29 is 23.1 Å². The largest absolute Gasteiger partial charge is 0.508 e. The van der Waals surface area contributed by atoms with E-state index >= 15 is 0 Å². The molecule has 1 fully saturated rings. The molecular weight excluding hydrogens is 495 g/mol. The smallest absolute Gasteiger partial charge is 0.417 e. The molecule has 0 atom stereocenters. The summed E-state index contributed by atoms with van der Waals surface area (Å²) in [5.41, 5.74) is 1.81. The number of alkyl halides is 3. The minimum atomic E-state index is -4.63. The Kier molecular flexibility index (Phi) is 7.10. The molecule has 0 spiro atoms. The number of phenols is 1. The predicted octanol–water partition coefficient (Wildman–Crippen LogP) is 7.14. The van der Waals surface area contributed by atoms with Crippen LogP contribution in [0.5, 0.6) is 5.75 Å². The number of hydrogen-bond acceptors (Lipinski definition) is 4. The Bertz CT molecular complexity index is 1420. The summed E-state index contributed by atoms with van der Waals surface area (Å²) < 4.78 is 41.6. The Balaban J connectivity index is 1.39. The van der Waals surface area contributed by atoms with Gasteiger partial charge in [-0.1, -0.05) is 49.4 Å². The zero-order valence-corrected chi connectivity index (χ0v) is 21.3. The lowest BCUT2D eigenvalue weighted by atomic mass is 9.95. The standard InChI is InChI=1S/C30H28F3NO2S/c1-19-17-34(18-19)15-14-21-8-6-20(7-9-21)10-12-24-23-13-11-22(35)16-27(23)37-29(24)28(36)25-4-2-3-5-26(25)30(31,32)33/h2-9,11,13,16,19,35H,10,12,14-15,17-18H2,1H3. The molecule has 4 aromatic rings. The van der Waals surface area contributed by atoms with Crippen LogP contribution < -0.4 is 0 Å². The van der Waals surface area contributed by atoms with Crippen LogP contribution in [0.4, 0.5) is 13.2 Å². The quantitative estimate of drug-likeness (QED) is 0.250. The van der Waals surface area contributed by atoms with Crippen LogP contribution >= 0.6 is 11.3 Å². The average Bonchev–Trinajstić information content (AvgIpc) is 3.21. The number of nitrogens with zero attached hydrogens (tertiary/aromatic N) is 1. The first kappa shape index (κ1) is 25.5. The number of likely N-dealkylation sites (tertiary alicyclic amines) is 1. The Morgan fingerprint density at radius 3 is 2.32 bits per heavy atom. The number of benzene rings is 3. The summed E-state index contributed by atoms with van der Waals surface area (Å²) in [5, 5.41) is 10.7. The number of carbonyl (C=O) groups excluding carboxylic acids is 1.